The highest BCUT2D eigenvalue weighted by Gasteiger charge is 2.33. The van der Waals surface area contributed by atoms with Gasteiger partial charge in [0, 0.05) is 6.04 Å². The normalized spacial score (nSPS) is 25.8. The molecule has 0 heterocycles. The Kier molecular flexibility index (Phi) is 5.34. The van der Waals surface area contributed by atoms with Crippen molar-refractivity contribution >= 4 is 0 Å². The van der Waals surface area contributed by atoms with Gasteiger partial charge in [0.05, 0.1) is 0 Å². The number of hydrogen-bond acceptors (Lipinski definition) is 1. The molecule has 2 aliphatic rings. The fourth-order valence-corrected chi connectivity index (χ4v) is 3.65. The molecule has 0 spiro atoms. The Morgan fingerprint density at radius 1 is 1.06 bits per heavy atom. The van der Waals surface area contributed by atoms with Crippen LogP contribution in [0.25, 0.3) is 0 Å². The highest BCUT2D eigenvalue weighted by atomic mass is 14.9. The Balaban J connectivity index is 1.71. The lowest BCUT2D eigenvalue weighted by Crippen LogP contribution is -2.36. The van der Waals surface area contributed by atoms with Gasteiger partial charge in [-0.05, 0) is 50.0 Å². The van der Waals surface area contributed by atoms with Gasteiger partial charge in [-0.1, -0.05) is 46.0 Å². The van der Waals surface area contributed by atoms with E-state index in [2.05, 4.69) is 19.2 Å². The van der Waals surface area contributed by atoms with Gasteiger partial charge in [0.2, 0.25) is 0 Å². The van der Waals surface area contributed by atoms with E-state index in [9.17, 15) is 0 Å². The first-order valence-electron chi connectivity index (χ1n) is 8.04. The van der Waals surface area contributed by atoms with Gasteiger partial charge in [-0.3, -0.25) is 0 Å². The molecule has 0 aromatic carbocycles. The van der Waals surface area contributed by atoms with Crippen LogP contribution in [0.2, 0.25) is 0 Å². The molecular weight excluding hydrogens is 206 g/mol. The molecule has 2 fully saturated rings. The maximum Gasteiger partial charge on any atom is 0.00953 e. The van der Waals surface area contributed by atoms with Crippen LogP contribution in [0.3, 0.4) is 0 Å². The van der Waals surface area contributed by atoms with E-state index in [4.69, 9.17) is 0 Å². The van der Waals surface area contributed by atoms with Crippen LogP contribution < -0.4 is 5.32 Å². The van der Waals surface area contributed by atoms with Crippen LogP contribution in [0.1, 0.15) is 71.6 Å². The maximum atomic E-state index is 3.74. The van der Waals surface area contributed by atoms with Crippen molar-refractivity contribution in [3.8, 4) is 0 Å². The van der Waals surface area contributed by atoms with Crippen molar-refractivity contribution in [2.45, 2.75) is 77.7 Å². The zero-order chi connectivity index (χ0) is 12.1. The summed E-state index contributed by atoms with van der Waals surface area (Å²) in [4.78, 5) is 0. The third-order valence-electron chi connectivity index (χ3n) is 5.08. The topological polar surface area (TPSA) is 12.0 Å². The molecule has 1 heteroatoms. The zero-order valence-corrected chi connectivity index (χ0v) is 11.9. The summed E-state index contributed by atoms with van der Waals surface area (Å²) in [6.45, 7) is 5.88. The minimum absolute atomic E-state index is 0.800. The van der Waals surface area contributed by atoms with Gasteiger partial charge >= 0.3 is 0 Å². The summed E-state index contributed by atoms with van der Waals surface area (Å²) in [6.07, 6.45) is 13.4. The Hall–Kier alpha value is -0.0400. The summed E-state index contributed by atoms with van der Waals surface area (Å²) in [7, 11) is 0. The Labute approximate surface area is 108 Å². The van der Waals surface area contributed by atoms with Crippen LogP contribution in [0.4, 0.5) is 0 Å². The second-order valence-electron chi connectivity index (χ2n) is 6.44. The molecule has 2 atom stereocenters. The van der Waals surface area contributed by atoms with Gasteiger partial charge in [-0.15, -0.1) is 0 Å². The molecule has 0 aromatic heterocycles. The monoisotopic (exact) mass is 237 g/mol. The Bertz CT molecular complexity index is 204. The molecule has 0 amide bonds. The summed E-state index contributed by atoms with van der Waals surface area (Å²) >= 11 is 0. The Morgan fingerprint density at radius 3 is 2.35 bits per heavy atom. The summed E-state index contributed by atoms with van der Waals surface area (Å²) in [5.41, 5.74) is 0. The lowest BCUT2D eigenvalue weighted by molar-refractivity contribution is 0.273. The third kappa shape index (κ3) is 4.28. The third-order valence-corrected chi connectivity index (χ3v) is 5.08. The highest BCUT2D eigenvalue weighted by molar-refractivity contribution is 4.86. The average Bonchev–Trinajstić information content (AvgIpc) is 3.19. The van der Waals surface area contributed by atoms with Gasteiger partial charge in [0.1, 0.15) is 0 Å². The van der Waals surface area contributed by atoms with Crippen LogP contribution in [0.5, 0.6) is 0 Å². The summed E-state index contributed by atoms with van der Waals surface area (Å²) in [5, 5.41) is 3.74. The van der Waals surface area contributed by atoms with Crippen LogP contribution in [0.15, 0.2) is 0 Å². The van der Waals surface area contributed by atoms with Gasteiger partial charge in [-0.2, -0.15) is 0 Å². The molecule has 100 valence electrons. The van der Waals surface area contributed by atoms with Gasteiger partial charge < -0.3 is 5.32 Å². The second-order valence-corrected chi connectivity index (χ2v) is 6.44. The van der Waals surface area contributed by atoms with E-state index < -0.39 is 0 Å². The number of hydrogen-bond donors (Lipinski definition) is 1. The first kappa shape index (κ1) is 13.4. The van der Waals surface area contributed by atoms with Crippen molar-refractivity contribution in [3.63, 3.8) is 0 Å². The van der Waals surface area contributed by atoms with Gasteiger partial charge in [-0.25, -0.2) is 0 Å². The summed E-state index contributed by atoms with van der Waals surface area (Å²) in [5.74, 6) is 3.01. The second kappa shape index (κ2) is 6.78. The van der Waals surface area contributed by atoms with E-state index in [1.807, 2.05) is 0 Å². The van der Waals surface area contributed by atoms with Crippen LogP contribution >= 0.6 is 0 Å². The van der Waals surface area contributed by atoms with Crippen molar-refractivity contribution in [2.24, 2.45) is 17.8 Å². The van der Waals surface area contributed by atoms with Crippen molar-refractivity contribution < 1.29 is 0 Å². The number of nitrogens with one attached hydrogen (secondary N) is 1. The van der Waals surface area contributed by atoms with Gasteiger partial charge in [0.15, 0.2) is 0 Å². The predicted molar refractivity (Wildman–Crippen MR) is 75.2 cm³/mol. The van der Waals surface area contributed by atoms with Crippen molar-refractivity contribution in [2.75, 3.05) is 6.54 Å². The van der Waals surface area contributed by atoms with Crippen LogP contribution in [0, 0.1) is 17.8 Å². The average molecular weight is 237 g/mol. The van der Waals surface area contributed by atoms with Crippen molar-refractivity contribution in [3.05, 3.63) is 0 Å². The molecule has 2 unspecified atom stereocenters. The maximum absolute atomic E-state index is 3.74. The fraction of sp³-hybridized carbons (Fsp3) is 1.00. The van der Waals surface area contributed by atoms with E-state index in [1.54, 1.807) is 0 Å². The van der Waals surface area contributed by atoms with E-state index >= 15 is 0 Å². The molecule has 0 bridgehead atoms. The molecule has 1 N–H and O–H groups in total. The predicted octanol–water partition coefficient (Wildman–Crippen LogP) is 4.37. The molecule has 0 aliphatic heterocycles. The molecule has 0 aromatic rings. The molecule has 17 heavy (non-hydrogen) atoms. The van der Waals surface area contributed by atoms with Gasteiger partial charge in [0.25, 0.3) is 0 Å². The van der Waals surface area contributed by atoms with E-state index in [1.165, 1.54) is 57.8 Å². The number of rotatable bonds is 7. The van der Waals surface area contributed by atoms with E-state index in [0.717, 1.165) is 30.3 Å². The summed E-state index contributed by atoms with van der Waals surface area (Å²) in [6, 6.07) is 0.800. The molecular formula is C16H31N. The quantitative estimate of drug-likeness (QED) is 0.693. The van der Waals surface area contributed by atoms with E-state index in [0.29, 0.717) is 0 Å². The molecule has 0 radical (unpaired) electrons. The minimum Gasteiger partial charge on any atom is -0.314 e. The molecule has 0 saturated heterocycles. The lowest BCUT2D eigenvalue weighted by atomic mass is 9.83. The minimum atomic E-state index is 0.800. The zero-order valence-electron chi connectivity index (χ0n) is 11.9. The first-order chi connectivity index (χ1) is 8.31. The van der Waals surface area contributed by atoms with E-state index in [-0.39, 0.29) is 0 Å². The van der Waals surface area contributed by atoms with Crippen LogP contribution in [-0.4, -0.2) is 12.6 Å². The molecule has 1 nitrogen and oxygen atoms in total. The van der Waals surface area contributed by atoms with Crippen molar-refractivity contribution in [1.82, 2.24) is 5.32 Å². The van der Waals surface area contributed by atoms with Crippen molar-refractivity contribution in [1.29, 1.82) is 0 Å². The lowest BCUT2D eigenvalue weighted by Gasteiger charge is -2.28. The smallest absolute Gasteiger partial charge is 0.00953 e. The molecule has 2 saturated carbocycles. The largest absolute Gasteiger partial charge is 0.314 e. The first-order valence-corrected chi connectivity index (χ1v) is 8.04. The summed E-state index contributed by atoms with van der Waals surface area (Å²) < 4.78 is 0. The SMILES string of the molecule is CCNC(CCC1CCCCC1)C(C)C1CC1. The Morgan fingerprint density at radius 2 is 1.76 bits per heavy atom. The highest BCUT2D eigenvalue weighted by Crippen LogP contribution is 2.39. The molecule has 2 rings (SSSR count). The van der Waals surface area contributed by atoms with Crippen LogP contribution in [-0.2, 0) is 0 Å². The standard InChI is InChI=1S/C16H31N/c1-3-17-16(13(2)15-10-11-15)12-9-14-7-5-4-6-8-14/h13-17H,3-12H2,1-2H3. The fourth-order valence-electron chi connectivity index (χ4n) is 3.65. The molecule has 2 aliphatic carbocycles.